The van der Waals surface area contributed by atoms with E-state index in [4.69, 9.17) is 4.74 Å². The van der Waals surface area contributed by atoms with Crippen LogP contribution in [0.3, 0.4) is 0 Å². The molecule has 1 aliphatic heterocycles. The Morgan fingerprint density at radius 3 is 2.79 bits per heavy atom. The number of piperidine rings is 1. The van der Waals surface area contributed by atoms with Crippen molar-refractivity contribution >= 4 is 11.3 Å². The minimum atomic E-state index is 0.130. The summed E-state index contributed by atoms with van der Waals surface area (Å²) in [7, 11) is 4.20. The largest absolute Gasteiger partial charge is 0.485 e. The summed E-state index contributed by atoms with van der Waals surface area (Å²) < 4.78 is 6.37. The predicted molar refractivity (Wildman–Crippen MR) is 102 cm³/mol. The second-order valence-corrected chi connectivity index (χ2v) is 7.64. The molecule has 4 heteroatoms. The molecule has 0 radical (unpaired) electrons. The first kappa shape index (κ1) is 17.5. The Morgan fingerprint density at radius 1 is 1.25 bits per heavy atom. The van der Waals surface area contributed by atoms with Gasteiger partial charge in [0.2, 0.25) is 0 Å². The Balaban J connectivity index is 1.70. The average molecular weight is 345 g/mol. The second kappa shape index (κ2) is 8.65. The standard InChI is InChI=1S/C20H28N2OS/c1-21-11-8-19(20-7-4-14-24-20)23-18-6-3-5-17(15-18)16-9-12-22(2)13-10-16/h3-7,14-16,19,21H,8-13H2,1-2H3. The van der Waals surface area contributed by atoms with E-state index in [1.165, 1.54) is 36.4 Å². The van der Waals surface area contributed by atoms with E-state index >= 15 is 0 Å². The molecule has 0 spiro atoms. The molecule has 1 atom stereocenters. The van der Waals surface area contributed by atoms with Crippen LogP contribution in [0.2, 0.25) is 0 Å². The molecular weight excluding hydrogens is 316 g/mol. The zero-order chi connectivity index (χ0) is 16.8. The Labute approximate surface area is 149 Å². The molecule has 3 rings (SSSR count). The normalized spacial score (nSPS) is 17.8. The van der Waals surface area contributed by atoms with Crippen molar-refractivity contribution in [2.24, 2.45) is 0 Å². The zero-order valence-electron chi connectivity index (χ0n) is 14.7. The van der Waals surface area contributed by atoms with Gasteiger partial charge in [-0.3, -0.25) is 0 Å². The number of thiophene rings is 1. The summed E-state index contributed by atoms with van der Waals surface area (Å²) in [6.07, 6.45) is 3.60. The first-order chi connectivity index (χ1) is 11.8. The highest BCUT2D eigenvalue weighted by atomic mass is 32.1. The van der Waals surface area contributed by atoms with E-state index in [0.717, 1.165) is 18.7 Å². The number of hydrogen-bond donors (Lipinski definition) is 1. The molecule has 0 bridgehead atoms. The highest BCUT2D eigenvalue weighted by Crippen LogP contribution is 2.32. The molecule has 2 heterocycles. The van der Waals surface area contributed by atoms with Gasteiger partial charge in [0.05, 0.1) is 0 Å². The minimum Gasteiger partial charge on any atom is -0.485 e. The number of likely N-dealkylation sites (tertiary alicyclic amines) is 1. The van der Waals surface area contributed by atoms with E-state index in [1.54, 1.807) is 11.3 Å². The van der Waals surface area contributed by atoms with Gasteiger partial charge in [0, 0.05) is 11.3 Å². The van der Waals surface area contributed by atoms with Crippen molar-refractivity contribution in [1.82, 2.24) is 10.2 Å². The third-order valence-corrected chi connectivity index (χ3v) is 5.81. The highest BCUT2D eigenvalue weighted by Gasteiger charge is 2.19. The Kier molecular flexibility index (Phi) is 6.30. The van der Waals surface area contributed by atoms with Gasteiger partial charge in [0.1, 0.15) is 11.9 Å². The minimum absolute atomic E-state index is 0.130. The van der Waals surface area contributed by atoms with Crippen LogP contribution in [0.25, 0.3) is 0 Å². The molecule has 2 aromatic rings. The third-order valence-electron chi connectivity index (χ3n) is 4.84. The van der Waals surface area contributed by atoms with Crippen LogP contribution in [0.15, 0.2) is 41.8 Å². The molecule has 1 aromatic carbocycles. The Hall–Kier alpha value is -1.36. The molecule has 1 N–H and O–H groups in total. The maximum Gasteiger partial charge on any atom is 0.134 e. The fourth-order valence-corrected chi connectivity index (χ4v) is 4.15. The predicted octanol–water partition coefficient (Wildman–Crippen LogP) is 4.29. The lowest BCUT2D eigenvalue weighted by Crippen LogP contribution is -2.29. The SMILES string of the molecule is CNCCC(Oc1cccc(C2CCN(C)CC2)c1)c1cccs1. The molecule has 0 saturated carbocycles. The smallest absolute Gasteiger partial charge is 0.134 e. The van der Waals surface area contributed by atoms with Crippen LogP contribution in [0.4, 0.5) is 0 Å². The van der Waals surface area contributed by atoms with Crippen molar-refractivity contribution in [3.05, 3.63) is 52.2 Å². The Bertz CT molecular complexity index is 606. The lowest BCUT2D eigenvalue weighted by atomic mass is 9.89. The third kappa shape index (κ3) is 4.59. The van der Waals surface area contributed by atoms with Gasteiger partial charge in [0.15, 0.2) is 0 Å². The van der Waals surface area contributed by atoms with Gasteiger partial charge in [-0.1, -0.05) is 18.2 Å². The molecule has 1 unspecified atom stereocenters. The topological polar surface area (TPSA) is 24.5 Å². The molecule has 1 aromatic heterocycles. The number of rotatable bonds is 7. The molecule has 1 aliphatic rings. The highest BCUT2D eigenvalue weighted by molar-refractivity contribution is 7.10. The number of nitrogens with one attached hydrogen (secondary N) is 1. The molecular formula is C20H28N2OS. The van der Waals surface area contributed by atoms with Crippen LogP contribution >= 0.6 is 11.3 Å². The quantitative estimate of drug-likeness (QED) is 0.811. The van der Waals surface area contributed by atoms with Crippen LogP contribution in [0.1, 0.15) is 41.7 Å². The lowest BCUT2D eigenvalue weighted by Gasteiger charge is -2.29. The summed E-state index contributed by atoms with van der Waals surface area (Å²) in [5.74, 6) is 1.67. The van der Waals surface area contributed by atoms with E-state index in [0.29, 0.717) is 5.92 Å². The zero-order valence-corrected chi connectivity index (χ0v) is 15.5. The number of ether oxygens (including phenoxy) is 1. The van der Waals surface area contributed by atoms with Crippen LogP contribution < -0.4 is 10.1 Å². The average Bonchev–Trinajstić information content (AvgIpc) is 3.14. The molecule has 0 aliphatic carbocycles. The van der Waals surface area contributed by atoms with Gasteiger partial charge in [-0.15, -0.1) is 11.3 Å². The second-order valence-electron chi connectivity index (χ2n) is 6.66. The van der Waals surface area contributed by atoms with E-state index < -0.39 is 0 Å². The van der Waals surface area contributed by atoms with Crippen molar-refractivity contribution in [3.63, 3.8) is 0 Å². The first-order valence-corrected chi connectivity index (χ1v) is 9.77. The van der Waals surface area contributed by atoms with Crippen molar-refractivity contribution in [3.8, 4) is 5.75 Å². The van der Waals surface area contributed by atoms with Crippen molar-refractivity contribution in [2.45, 2.75) is 31.3 Å². The van der Waals surface area contributed by atoms with E-state index in [9.17, 15) is 0 Å². The lowest BCUT2D eigenvalue weighted by molar-refractivity contribution is 0.198. The molecule has 24 heavy (non-hydrogen) atoms. The molecule has 1 fully saturated rings. The van der Waals surface area contributed by atoms with Gasteiger partial charge >= 0.3 is 0 Å². The Morgan fingerprint density at radius 2 is 2.08 bits per heavy atom. The van der Waals surface area contributed by atoms with Crippen LogP contribution in [0.5, 0.6) is 5.75 Å². The van der Waals surface area contributed by atoms with Crippen LogP contribution in [-0.4, -0.2) is 38.6 Å². The molecule has 3 nitrogen and oxygen atoms in total. The number of nitrogens with zero attached hydrogens (tertiary/aromatic N) is 1. The molecule has 130 valence electrons. The van der Waals surface area contributed by atoms with Gasteiger partial charge < -0.3 is 15.0 Å². The maximum atomic E-state index is 6.37. The monoisotopic (exact) mass is 344 g/mol. The maximum absolute atomic E-state index is 6.37. The van der Waals surface area contributed by atoms with Crippen molar-refractivity contribution in [1.29, 1.82) is 0 Å². The summed E-state index contributed by atoms with van der Waals surface area (Å²) >= 11 is 1.77. The summed E-state index contributed by atoms with van der Waals surface area (Å²) in [5, 5.41) is 5.36. The van der Waals surface area contributed by atoms with E-state index in [1.807, 2.05) is 7.05 Å². The summed E-state index contributed by atoms with van der Waals surface area (Å²) in [6.45, 7) is 3.34. The first-order valence-electron chi connectivity index (χ1n) is 8.89. The van der Waals surface area contributed by atoms with Gasteiger partial charge in [-0.2, -0.15) is 0 Å². The van der Waals surface area contributed by atoms with Crippen molar-refractivity contribution < 1.29 is 4.74 Å². The van der Waals surface area contributed by atoms with Crippen LogP contribution in [-0.2, 0) is 0 Å². The van der Waals surface area contributed by atoms with E-state index in [-0.39, 0.29) is 6.10 Å². The molecule has 0 amide bonds. The fraction of sp³-hybridized carbons (Fsp3) is 0.500. The van der Waals surface area contributed by atoms with Crippen LogP contribution in [0, 0.1) is 0 Å². The fourth-order valence-electron chi connectivity index (χ4n) is 3.36. The molecule has 1 saturated heterocycles. The summed E-state index contributed by atoms with van der Waals surface area (Å²) in [4.78, 5) is 3.72. The summed E-state index contributed by atoms with van der Waals surface area (Å²) in [6, 6.07) is 13.0. The van der Waals surface area contributed by atoms with Crippen molar-refractivity contribution in [2.75, 3.05) is 33.7 Å². The van der Waals surface area contributed by atoms with Gasteiger partial charge in [0.25, 0.3) is 0 Å². The summed E-state index contributed by atoms with van der Waals surface area (Å²) in [5.41, 5.74) is 1.43. The number of hydrogen-bond acceptors (Lipinski definition) is 4. The number of benzene rings is 1. The van der Waals surface area contributed by atoms with E-state index in [2.05, 4.69) is 59.0 Å². The van der Waals surface area contributed by atoms with Gasteiger partial charge in [-0.25, -0.2) is 0 Å². The van der Waals surface area contributed by atoms with Gasteiger partial charge in [-0.05, 0) is 81.6 Å².